The molecule has 2 aliphatic rings. The molecule has 0 aliphatic heterocycles. The van der Waals surface area contributed by atoms with Gasteiger partial charge in [-0.2, -0.15) is 0 Å². The summed E-state index contributed by atoms with van der Waals surface area (Å²) in [5.74, 6) is -1.52. The van der Waals surface area contributed by atoms with E-state index in [1.807, 2.05) is 0 Å². The highest BCUT2D eigenvalue weighted by Crippen LogP contribution is 2.49. The number of rotatable bonds is 2. The van der Waals surface area contributed by atoms with Gasteiger partial charge in [0, 0.05) is 6.04 Å². The van der Waals surface area contributed by atoms with Gasteiger partial charge in [-0.3, -0.25) is 0 Å². The second-order valence-corrected chi connectivity index (χ2v) is 6.23. The first-order chi connectivity index (χ1) is 9.19. The van der Waals surface area contributed by atoms with Gasteiger partial charge in [0.2, 0.25) is 0 Å². The molecule has 0 heterocycles. The van der Waals surface area contributed by atoms with Crippen LogP contribution in [-0.4, -0.2) is 6.04 Å². The zero-order valence-electron chi connectivity index (χ0n) is 11.2. The van der Waals surface area contributed by atoms with Crippen LogP contribution in [0, 0.1) is 17.0 Å². The van der Waals surface area contributed by atoms with Crippen molar-refractivity contribution in [2.45, 2.75) is 57.4 Å². The van der Waals surface area contributed by atoms with Gasteiger partial charge in [0.05, 0.1) is 5.69 Å². The van der Waals surface area contributed by atoms with E-state index in [0.29, 0.717) is 17.1 Å². The maximum Gasteiger partial charge on any atom is 0.181 e. The summed E-state index contributed by atoms with van der Waals surface area (Å²) in [5, 5.41) is 3.18. The zero-order valence-corrected chi connectivity index (χ0v) is 11.2. The monoisotopic (exact) mass is 265 g/mol. The van der Waals surface area contributed by atoms with Crippen molar-refractivity contribution in [3.63, 3.8) is 0 Å². The predicted octanol–water partition coefficient (Wildman–Crippen LogP) is 4.88. The third-order valence-corrected chi connectivity index (χ3v) is 5.02. The summed E-state index contributed by atoms with van der Waals surface area (Å²) in [6.07, 6.45) is 10.1. The molecule has 2 aliphatic carbocycles. The van der Waals surface area contributed by atoms with Crippen LogP contribution in [0.1, 0.15) is 51.4 Å². The number of hydrogen-bond acceptors (Lipinski definition) is 1. The van der Waals surface area contributed by atoms with E-state index in [1.165, 1.54) is 38.5 Å². The van der Waals surface area contributed by atoms with Crippen LogP contribution in [0.3, 0.4) is 0 Å². The second kappa shape index (κ2) is 5.10. The highest BCUT2D eigenvalue weighted by atomic mass is 19.2. The Bertz CT molecular complexity index is 442. The van der Waals surface area contributed by atoms with Crippen LogP contribution in [0.2, 0.25) is 0 Å². The van der Waals surface area contributed by atoms with Crippen LogP contribution >= 0.6 is 0 Å². The molecule has 1 aromatic rings. The van der Waals surface area contributed by atoms with Crippen molar-refractivity contribution in [2.24, 2.45) is 5.41 Å². The highest BCUT2D eigenvalue weighted by molar-refractivity contribution is 5.45. The molecule has 1 nitrogen and oxygen atoms in total. The normalized spacial score (nSPS) is 22.8. The van der Waals surface area contributed by atoms with E-state index in [-0.39, 0.29) is 0 Å². The molecule has 1 aromatic carbocycles. The lowest BCUT2D eigenvalue weighted by molar-refractivity contribution is 0.188. The minimum atomic E-state index is -0.770. The molecule has 1 N–H and O–H groups in total. The lowest BCUT2D eigenvalue weighted by atomic mass is 9.71. The molecular formula is C16H21F2N. The molecule has 3 rings (SSSR count). The Morgan fingerprint density at radius 2 is 1.68 bits per heavy atom. The Morgan fingerprint density at radius 1 is 1.00 bits per heavy atom. The van der Waals surface area contributed by atoms with E-state index in [0.717, 1.165) is 18.9 Å². The van der Waals surface area contributed by atoms with Crippen LogP contribution < -0.4 is 5.32 Å². The molecule has 0 saturated heterocycles. The minimum Gasteiger partial charge on any atom is -0.380 e. The fraction of sp³-hybridized carbons (Fsp3) is 0.625. The molecule has 1 spiro atoms. The average molecular weight is 265 g/mol. The van der Waals surface area contributed by atoms with Crippen molar-refractivity contribution in [1.29, 1.82) is 0 Å². The smallest absolute Gasteiger partial charge is 0.181 e. The van der Waals surface area contributed by atoms with E-state index in [9.17, 15) is 8.78 Å². The van der Waals surface area contributed by atoms with Crippen LogP contribution in [0.4, 0.5) is 14.5 Å². The maximum atomic E-state index is 13.6. The zero-order chi connectivity index (χ0) is 13.3. The summed E-state index contributed by atoms with van der Waals surface area (Å²) in [5.41, 5.74) is 0.894. The molecule has 3 heteroatoms. The van der Waals surface area contributed by atoms with Crippen LogP contribution in [0.25, 0.3) is 0 Å². The van der Waals surface area contributed by atoms with Crippen molar-refractivity contribution in [1.82, 2.24) is 0 Å². The molecule has 104 valence electrons. The Kier molecular flexibility index (Phi) is 3.46. The quantitative estimate of drug-likeness (QED) is 0.803. The van der Waals surface area contributed by atoms with Gasteiger partial charge in [-0.15, -0.1) is 0 Å². The summed E-state index contributed by atoms with van der Waals surface area (Å²) < 4.78 is 26.8. The summed E-state index contributed by atoms with van der Waals surface area (Å²) in [4.78, 5) is 0. The number of benzene rings is 1. The third kappa shape index (κ3) is 2.60. The fourth-order valence-electron chi connectivity index (χ4n) is 3.83. The van der Waals surface area contributed by atoms with Crippen LogP contribution in [0.5, 0.6) is 0 Å². The Morgan fingerprint density at radius 3 is 2.37 bits per heavy atom. The van der Waals surface area contributed by atoms with Crippen molar-refractivity contribution < 1.29 is 8.78 Å². The number of anilines is 1. The summed E-state index contributed by atoms with van der Waals surface area (Å²) in [7, 11) is 0. The molecule has 19 heavy (non-hydrogen) atoms. The van der Waals surface area contributed by atoms with E-state index in [4.69, 9.17) is 0 Å². The van der Waals surface area contributed by atoms with E-state index >= 15 is 0 Å². The SMILES string of the molecule is Fc1cccc(NC2CCC3(CCCC3)CC2)c1F. The van der Waals surface area contributed by atoms with Gasteiger partial charge in [-0.25, -0.2) is 8.78 Å². The van der Waals surface area contributed by atoms with Gasteiger partial charge < -0.3 is 5.32 Å². The fourth-order valence-corrected chi connectivity index (χ4v) is 3.83. The molecule has 0 aromatic heterocycles. The molecule has 2 saturated carbocycles. The molecule has 0 radical (unpaired) electrons. The lowest BCUT2D eigenvalue weighted by Gasteiger charge is -2.37. The van der Waals surface area contributed by atoms with Crippen LogP contribution in [-0.2, 0) is 0 Å². The van der Waals surface area contributed by atoms with Crippen molar-refractivity contribution >= 4 is 5.69 Å². The van der Waals surface area contributed by atoms with E-state index in [1.54, 1.807) is 12.1 Å². The summed E-state index contributed by atoms with van der Waals surface area (Å²) in [6.45, 7) is 0. The Balaban J connectivity index is 1.61. The maximum absolute atomic E-state index is 13.6. The van der Waals surface area contributed by atoms with Crippen molar-refractivity contribution in [3.05, 3.63) is 29.8 Å². The minimum absolute atomic E-state index is 0.294. The van der Waals surface area contributed by atoms with Gasteiger partial charge in [0.15, 0.2) is 11.6 Å². The summed E-state index contributed by atoms with van der Waals surface area (Å²) >= 11 is 0. The number of nitrogens with one attached hydrogen (secondary N) is 1. The van der Waals surface area contributed by atoms with Gasteiger partial charge in [-0.1, -0.05) is 18.9 Å². The first-order valence-electron chi connectivity index (χ1n) is 7.39. The molecular weight excluding hydrogens is 244 g/mol. The molecule has 0 bridgehead atoms. The molecule has 0 unspecified atom stereocenters. The standard InChI is InChI=1S/C16H21F2N/c17-13-4-3-5-14(15(13)18)19-12-6-10-16(11-7-12)8-1-2-9-16/h3-5,12,19H,1-2,6-11H2. The second-order valence-electron chi connectivity index (χ2n) is 6.23. The first kappa shape index (κ1) is 12.9. The lowest BCUT2D eigenvalue weighted by Crippen LogP contribution is -2.32. The topological polar surface area (TPSA) is 12.0 Å². The van der Waals surface area contributed by atoms with Crippen LogP contribution in [0.15, 0.2) is 18.2 Å². The molecule has 2 fully saturated rings. The highest BCUT2D eigenvalue weighted by Gasteiger charge is 2.37. The third-order valence-electron chi connectivity index (χ3n) is 5.02. The van der Waals surface area contributed by atoms with E-state index < -0.39 is 11.6 Å². The summed E-state index contributed by atoms with van der Waals surface area (Å²) in [6, 6.07) is 4.64. The van der Waals surface area contributed by atoms with Crippen molar-refractivity contribution in [2.75, 3.05) is 5.32 Å². The van der Waals surface area contributed by atoms with Gasteiger partial charge >= 0.3 is 0 Å². The molecule has 0 amide bonds. The Labute approximate surface area is 113 Å². The van der Waals surface area contributed by atoms with Gasteiger partial charge in [0.1, 0.15) is 0 Å². The van der Waals surface area contributed by atoms with E-state index in [2.05, 4.69) is 5.32 Å². The average Bonchev–Trinajstić information content (AvgIpc) is 2.86. The van der Waals surface area contributed by atoms with Gasteiger partial charge in [0.25, 0.3) is 0 Å². The first-order valence-corrected chi connectivity index (χ1v) is 7.39. The number of halogens is 2. The van der Waals surface area contributed by atoms with Crippen molar-refractivity contribution in [3.8, 4) is 0 Å². The number of hydrogen-bond donors (Lipinski definition) is 1. The Hall–Kier alpha value is -1.12. The largest absolute Gasteiger partial charge is 0.380 e. The predicted molar refractivity (Wildman–Crippen MR) is 73.1 cm³/mol. The molecule has 0 atom stereocenters. The van der Waals surface area contributed by atoms with Gasteiger partial charge in [-0.05, 0) is 56.1 Å².